The second-order valence-corrected chi connectivity index (χ2v) is 10.6. The fraction of sp³-hybridized carbons (Fsp3) is 0.519. The van der Waals surface area contributed by atoms with E-state index in [1.54, 1.807) is 0 Å². The molecule has 0 spiro atoms. The number of ether oxygens (including phenoxy) is 2. The lowest BCUT2D eigenvalue weighted by Gasteiger charge is -2.39. The van der Waals surface area contributed by atoms with Gasteiger partial charge in [0.1, 0.15) is 12.4 Å². The quantitative estimate of drug-likeness (QED) is 0.407. The zero-order valence-electron chi connectivity index (χ0n) is 20.6. The van der Waals surface area contributed by atoms with E-state index >= 15 is 0 Å². The van der Waals surface area contributed by atoms with Gasteiger partial charge in [0, 0.05) is 24.1 Å². The van der Waals surface area contributed by atoms with Crippen molar-refractivity contribution in [1.29, 1.82) is 0 Å². The number of thioether (sulfide) groups is 1. The second kappa shape index (κ2) is 11.0. The van der Waals surface area contributed by atoms with Gasteiger partial charge in [-0.05, 0) is 57.4 Å². The van der Waals surface area contributed by atoms with Gasteiger partial charge in [-0.1, -0.05) is 48.2 Å². The Kier molecular flexibility index (Phi) is 7.58. The van der Waals surface area contributed by atoms with Crippen molar-refractivity contribution in [2.75, 3.05) is 12.4 Å². The summed E-state index contributed by atoms with van der Waals surface area (Å²) in [5, 5.41) is 11.9. The van der Waals surface area contributed by atoms with Crippen LogP contribution in [-0.2, 0) is 22.7 Å². The highest BCUT2D eigenvalue weighted by molar-refractivity contribution is 7.99. The van der Waals surface area contributed by atoms with E-state index in [2.05, 4.69) is 51.7 Å². The minimum Gasteiger partial charge on any atom is -0.485 e. The fourth-order valence-corrected chi connectivity index (χ4v) is 6.12. The van der Waals surface area contributed by atoms with Crippen molar-refractivity contribution in [1.82, 2.24) is 19.7 Å². The van der Waals surface area contributed by atoms with Gasteiger partial charge in [0.05, 0.1) is 18.4 Å². The van der Waals surface area contributed by atoms with E-state index in [-0.39, 0.29) is 12.0 Å². The van der Waals surface area contributed by atoms with Crippen LogP contribution in [0, 0.1) is 0 Å². The van der Waals surface area contributed by atoms with Gasteiger partial charge in [0.25, 0.3) is 0 Å². The fourth-order valence-electron chi connectivity index (χ4n) is 5.29. The van der Waals surface area contributed by atoms with Crippen molar-refractivity contribution in [2.24, 2.45) is 0 Å². The minimum absolute atomic E-state index is 0.138. The van der Waals surface area contributed by atoms with Crippen LogP contribution in [0.4, 0.5) is 0 Å². The zero-order valence-corrected chi connectivity index (χ0v) is 21.4. The molecule has 1 amide bonds. The summed E-state index contributed by atoms with van der Waals surface area (Å²) >= 11 is 1.47. The molecule has 0 aliphatic carbocycles. The number of rotatable bonds is 8. The molecule has 3 heterocycles. The predicted molar refractivity (Wildman–Crippen MR) is 138 cm³/mol. The normalized spacial score (nSPS) is 22.6. The SMILES string of the molecule is CC1CCCC(C)N1C(=O)CSc1nnc(COc2cccc3ccccc23)n1CC1CCCO1. The van der Waals surface area contributed by atoms with E-state index in [9.17, 15) is 4.79 Å². The largest absolute Gasteiger partial charge is 0.485 e. The van der Waals surface area contributed by atoms with Crippen molar-refractivity contribution in [2.45, 2.75) is 82.4 Å². The van der Waals surface area contributed by atoms with Crippen molar-refractivity contribution >= 4 is 28.4 Å². The van der Waals surface area contributed by atoms with Gasteiger partial charge in [-0.25, -0.2) is 0 Å². The van der Waals surface area contributed by atoms with E-state index in [0.717, 1.165) is 59.8 Å². The lowest BCUT2D eigenvalue weighted by molar-refractivity contribution is -0.134. The highest BCUT2D eigenvalue weighted by atomic mass is 32.2. The number of carbonyl (C=O) groups is 1. The molecule has 0 saturated carbocycles. The van der Waals surface area contributed by atoms with Crippen LogP contribution in [0.15, 0.2) is 47.6 Å². The number of hydrogen-bond donors (Lipinski definition) is 0. The summed E-state index contributed by atoms with van der Waals surface area (Å²) in [5.74, 6) is 2.12. The average Bonchev–Trinajstić information content (AvgIpc) is 3.51. The van der Waals surface area contributed by atoms with Crippen LogP contribution in [0.25, 0.3) is 10.8 Å². The van der Waals surface area contributed by atoms with Gasteiger partial charge < -0.3 is 18.9 Å². The molecule has 0 radical (unpaired) electrons. The molecule has 2 aromatic carbocycles. The smallest absolute Gasteiger partial charge is 0.233 e. The molecule has 3 aromatic rings. The summed E-state index contributed by atoms with van der Waals surface area (Å²) in [5.41, 5.74) is 0. The molecule has 2 aliphatic rings. The van der Waals surface area contributed by atoms with Crippen LogP contribution in [0.1, 0.15) is 51.8 Å². The number of benzene rings is 2. The van der Waals surface area contributed by atoms with Crippen molar-refractivity contribution in [3.63, 3.8) is 0 Å². The number of aromatic nitrogens is 3. The maximum atomic E-state index is 13.1. The molecule has 2 saturated heterocycles. The second-order valence-electron chi connectivity index (χ2n) is 9.63. The molecule has 3 unspecified atom stereocenters. The summed E-state index contributed by atoms with van der Waals surface area (Å²) in [6.45, 7) is 6.08. The Morgan fingerprint density at radius 3 is 2.66 bits per heavy atom. The van der Waals surface area contributed by atoms with Gasteiger partial charge in [-0.2, -0.15) is 0 Å². The predicted octanol–water partition coefficient (Wildman–Crippen LogP) is 5.07. The van der Waals surface area contributed by atoms with E-state index in [4.69, 9.17) is 9.47 Å². The Bertz CT molecular complexity index is 1150. The molecule has 186 valence electrons. The molecule has 7 nitrogen and oxygen atoms in total. The molecule has 2 aliphatic heterocycles. The molecule has 0 bridgehead atoms. The molecule has 8 heteroatoms. The summed E-state index contributed by atoms with van der Waals surface area (Å²) in [4.78, 5) is 15.1. The van der Waals surface area contributed by atoms with Crippen molar-refractivity contribution in [3.8, 4) is 5.75 Å². The Morgan fingerprint density at radius 2 is 1.86 bits per heavy atom. The van der Waals surface area contributed by atoms with Gasteiger partial charge in [0.2, 0.25) is 5.91 Å². The van der Waals surface area contributed by atoms with Gasteiger partial charge in [-0.15, -0.1) is 10.2 Å². The third kappa shape index (κ3) is 5.48. The Balaban J connectivity index is 1.31. The molecule has 3 atom stereocenters. The summed E-state index contributed by atoms with van der Waals surface area (Å²) in [7, 11) is 0. The standard InChI is InChI=1S/C27H34N4O3S/c1-19-8-5-9-20(2)31(19)26(32)18-35-27-29-28-25(30(27)16-22-12-7-15-33-22)17-34-24-14-6-11-21-10-3-4-13-23(21)24/h3-4,6,10-11,13-14,19-20,22H,5,7-9,12,15-18H2,1-2H3. The molecule has 2 fully saturated rings. The van der Waals surface area contributed by atoms with Crippen LogP contribution < -0.4 is 4.74 Å². The molecule has 1 aromatic heterocycles. The highest BCUT2D eigenvalue weighted by Crippen LogP contribution is 2.28. The number of nitrogens with zero attached hydrogens (tertiary/aromatic N) is 4. The Hall–Kier alpha value is -2.58. The first-order valence-electron chi connectivity index (χ1n) is 12.7. The topological polar surface area (TPSA) is 69.5 Å². The first-order valence-corrected chi connectivity index (χ1v) is 13.7. The van der Waals surface area contributed by atoms with Crippen LogP contribution >= 0.6 is 11.8 Å². The van der Waals surface area contributed by atoms with Crippen LogP contribution in [0.3, 0.4) is 0 Å². The summed E-state index contributed by atoms with van der Waals surface area (Å²) < 4.78 is 14.2. The van der Waals surface area contributed by atoms with Gasteiger partial charge in [0.15, 0.2) is 11.0 Å². The first-order chi connectivity index (χ1) is 17.1. The molecular formula is C27H34N4O3S. The molecule has 5 rings (SSSR count). The monoisotopic (exact) mass is 494 g/mol. The number of carbonyl (C=O) groups excluding carboxylic acids is 1. The van der Waals surface area contributed by atoms with Crippen molar-refractivity contribution in [3.05, 3.63) is 48.3 Å². The average molecular weight is 495 g/mol. The molecule has 35 heavy (non-hydrogen) atoms. The minimum atomic E-state index is 0.138. The lowest BCUT2D eigenvalue weighted by atomic mass is 9.98. The third-order valence-electron chi connectivity index (χ3n) is 7.12. The van der Waals surface area contributed by atoms with E-state index in [1.165, 1.54) is 18.2 Å². The Morgan fingerprint density at radius 1 is 1.06 bits per heavy atom. The lowest BCUT2D eigenvalue weighted by Crippen LogP contribution is -2.48. The molecule has 0 N–H and O–H groups in total. The number of likely N-dealkylation sites (tertiary alicyclic amines) is 1. The summed E-state index contributed by atoms with van der Waals surface area (Å²) in [6.07, 6.45) is 5.57. The number of hydrogen-bond acceptors (Lipinski definition) is 6. The maximum absolute atomic E-state index is 13.1. The first kappa shape index (κ1) is 24.1. The number of amides is 1. The number of fused-ring (bicyclic) bond motifs is 1. The third-order valence-corrected chi connectivity index (χ3v) is 8.07. The van der Waals surface area contributed by atoms with Crippen molar-refractivity contribution < 1.29 is 14.3 Å². The number of piperidine rings is 1. The Labute approximate surface area is 211 Å². The van der Waals surface area contributed by atoms with E-state index in [1.807, 2.05) is 24.3 Å². The van der Waals surface area contributed by atoms with E-state index in [0.29, 0.717) is 31.0 Å². The summed E-state index contributed by atoms with van der Waals surface area (Å²) in [6, 6.07) is 14.9. The van der Waals surface area contributed by atoms with Gasteiger partial charge in [-0.3, -0.25) is 4.79 Å². The molecular weight excluding hydrogens is 460 g/mol. The zero-order chi connectivity index (χ0) is 24.2. The van der Waals surface area contributed by atoms with E-state index < -0.39 is 0 Å². The van der Waals surface area contributed by atoms with Crippen LogP contribution in [-0.4, -0.2) is 56.1 Å². The highest BCUT2D eigenvalue weighted by Gasteiger charge is 2.29. The maximum Gasteiger partial charge on any atom is 0.233 e. The van der Waals surface area contributed by atoms with Gasteiger partial charge >= 0.3 is 0 Å². The van der Waals surface area contributed by atoms with Crippen LogP contribution in [0.2, 0.25) is 0 Å². The van der Waals surface area contributed by atoms with Crippen LogP contribution in [0.5, 0.6) is 5.75 Å².